The molecule has 0 aliphatic heterocycles. The van der Waals surface area contributed by atoms with Crippen LogP contribution in [0.2, 0.25) is 0 Å². The second kappa shape index (κ2) is 9.54. The smallest absolute Gasteiger partial charge is 0.286 e. The molecule has 1 amide bonds. The number of nitrogens with one attached hydrogen (secondary N) is 1. The first-order valence-electron chi connectivity index (χ1n) is 9.21. The summed E-state index contributed by atoms with van der Waals surface area (Å²) < 4.78 is 66.5. The van der Waals surface area contributed by atoms with Crippen LogP contribution in [0.5, 0.6) is 5.75 Å². The minimum atomic E-state index is -1.65. The maximum absolute atomic E-state index is 13.6. The molecule has 0 saturated heterocycles. The van der Waals surface area contributed by atoms with E-state index in [0.29, 0.717) is 19.5 Å². The van der Waals surface area contributed by atoms with E-state index < -0.39 is 41.5 Å². The van der Waals surface area contributed by atoms with Crippen LogP contribution in [-0.4, -0.2) is 22.2 Å². The van der Waals surface area contributed by atoms with Crippen LogP contribution in [-0.2, 0) is 13.2 Å². The third-order valence-electron chi connectivity index (χ3n) is 4.44. The van der Waals surface area contributed by atoms with Crippen molar-refractivity contribution in [3.63, 3.8) is 0 Å². The van der Waals surface area contributed by atoms with Crippen molar-refractivity contribution in [1.82, 2.24) is 15.1 Å². The van der Waals surface area contributed by atoms with Gasteiger partial charge in [-0.3, -0.25) is 9.48 Å². The van der Waals surface area contributed by atoms with Gasteiger partial charge in [-0.2, -0.15) is 13.9 Å². The molecule has 2 heterocycles. The van der Waals surface area contributed by atoms with E-state index in [1.807, 2.05) is 18.5 Å². The van der Waals surface area contributed by atoms with Gasteiger partial charge in [0, 0.05) is 24.8 Å². The summed E-state index contributed by atoms with van der Waals surface area (Å²) in [6.07, 6.45) is 0.626. The lowest BCUT2D eigenvalue weighted by molar-refractivity contribution is 0.0920. The van der Waals surface area contributed by atoms with Crippen LogP contribution in [0.3, 0.4) is 0 Å². The molecule has 0 unspecified atom stereocenters. The van der Waals surface area contributed by atoms with Gasteiger partial charge >= 0.3 is 0 Å². The third kappa shape index (κ3) is 5.09. The van der Waals surface area contributed by atoms with E-state index in [4.69, 9.17) is 9.15 Å². The third-order valence-corrected chi connectivity index (χ3v) is 5.59. The number of ether oxygens (including phenoxy) is 1. The molecule has 0 radical (unpaired) electrons. The van der Waals surface area contributed by atoms with Gasteiger partial charge in [-0.25, -0.2) is 8.78 Å². The number of carbonyl (C=O) groups is 1. The number of furan rings is 1. The number of nitrogens with zero attached hydrogens (tertiary/aromatic N) is 2. The van der Waals surface area contributed by atoms with Crippen LogP contribution in [0.25, 0.3) is 0 Å². The number of rotatable bonds is 8. The Kier molecular flexibility index (Phi) is 7.04. The predicted octanol–water partition coefficient (Wildman–Crippen LogP) is 4.81. The topological polar surface area (TPSA) is 69.3 Å². The van der Waals surface area contributed by atoms with Gasteiger partial charge in [0.1, 0.15) is 12.4 Å². The molecule has 31 heavy (non-hydrogen) atoms. The number of halogens is 5. The predicted molar refractivity (Wildman–Crippen MR) is 106 cm³/mol. The van der Waals surface area contributed by atoms with Crippen LogP contribution in [0, 0.1) is 37.1 Å². The van der Waals surface area contributed by atoms with Crippen LogP contribution in [0.1, 0.15) is 34.1 Å². The summed E-state index contributed by atoms with van der Waals surface area (Å²) >= 11 is 3.45. The van der Waals surface area contributed by atoms with Crippen molar-refractivity contribution < 1.29 is 31.5 Å². The molecule has 6 nitrogen and oxygen atoms in total. The number of hydrogen-bond donors (Lipinski definition) is 1. The Morgan fingerprint density at radius 3 is 2.48 bits per heavy atom. The zero-order chi connectivity index (χ0) is 22.7. The van der Waals surface area contributed by atoms with Crippen LogP contribution >= 0.6 is 15.9 Å². The van der Waals surface area contributed by atoms with Gasteiger partial charge < -0.3 is 14.5 Å². The van der Waals surface area contributed by atoms with Crippen molar-refractivity contribution in [2.75, 3.05) is 6.54 Å². The SMILES string of the molecule is Cc1nn(CCCNC(=O)c2ccc(COc3c(F)c(F)cc(F)c3F)o2)c(C)c1Br. The van der Waals surface area contributed by atoms with Crippen molar-refractivity contribution >= 4 is 21.8 Å². The fraction of sp³-hybridized carbons (Fsp3) is 0.300. The largest absolute Gasteiger partial charge is 0.479 e. The molecule has 0 fully saturated rings. The van der Waals surface area contributed by atoms with Gasteiger partial charge in [-0.1, -0.05) is 0 Å². The summed E-state index contributed by atoms with van der Waals surface area (Å²) in [6, 6.07) is 2.79. The Balaban J connectivity index is 1.51. The zero-order valence-electron chi connectivity index (χ0n) is 16.6. The Hall–Kier alpha value is -2.82. The number of hydrogen-bond acceptors (Lipinski definition) is 4. The first kappa shape index (κ1) is 22.9. The van der Waals surface area contributed by atoms with Crippen molar-refractivity contribution in [1.29, 1.82) is 0 Å². The highest BCUT2D eigenvalue weighted by Gasteiger charge is 2.21. The van der Waals surface area contributed by atoms with Gasteiger partial charge in [0.15, 0.2) is 23.1 Å². The maximum Gasteiger partial charge on any atom is 0.286 e. The minimum Gasteiger partial charge on any atom is -0.479 e. The molecule has 0 aliphatic carbocycles. The number of carbonyl (C=O) groups excluding carboxylic acids is 1. The quantitative estimate of drug-likeness (QED) is 0.272. The summed E-state index contributed by atoms with van der Waals surface area (Å²) in [5.74, 6) is -8.16. The maximum atomic E-state index is 13.6. The first-order chi connectivity index (χ1) is 14.7. The van der Waals surface area contributed by atoms with Crippen molar-refractivity contribution in [2.45, 2.75) is 33.4 Å². The highest BCUT2D eigenvalue weighted by molar-refractivity contribution is 9.10. The van der Waals surface area contributed by atoms with E-state index in [9.17, 15) is 22.4 Å². The van der Waals surface area contributed by atoms with Gasteiger partial charge in [0.25, 0.3) is 5.91 Å². The lowest BCUT2D eigenvalue weighted by atomic mass is 10.3. The molecule has 0 atom stereocenters. The summed E-state index contributed by atoms with van der Waals surface area (Å²) in [7, 11) is 0. The van der Waals surface area contributed by atoms with E-state index in [1.54, 1.807) is 0 Å². The Bertz CT molecular complexity index is 1090. The minimum absolute atomic E-state index is 0.0427. The highest BCUT2D eigenvalue weighted by atomic mass is 79.9. The van der Waals surface area contributed by atoms with Gasteiger partial charge in [0.05, 0.1) is 10.2 Å². The van der Waals surface area contributed by atoms with E-state index in [-0.39, 0.29) is 17.6 Å². The van der Waals surface area contributed by atoms with Crippen molar-refractivity contribution in [3.8, 4) is 5.75 Å². The van der Waals surface area contributed by atoms with E-state index >= 15 is 0 Å². The van der Waals surface area contributed by atoms with E-state index in [0.717, 1.165) is 15.9 Å². The molecular weight excluding hydrogens is 486 g/mol. The van der Waals surface area contributed by atoms with Gasteiger partial charge in [-0.15, -0.1) is 0 Å². The number of benzene rings is 1. The fourth-order valence-corrected chi connectivity index (χ4v) is 3.09. The summed E-state index contributed by atoms with van der Waals surface area (Å²) in [6.45, 7) is 4.26. The van der Waals surface area contributed by atoms with Crippen LogP contribution < -0.4 is 10.1 Å². The number of aromatic nitrogens is 2. The molecule has 2 aromatic heterocycles. The normalized spacial score (nSPS) is 11.1. The van der Waals surface area contributed by atoms with E-state index in [1.165, 1.54) is 12.1 Å². The number of amides is 1. The Morgan fingerprint density at radius 2 is 1.87 bits per heavy atom. The summed E-state index contributed by atoms with van der Waals surface area (Å²) in [5.41, 5.74) is 1.87. The molecule has 3 rings (SSSR count). The first-order valence-corrected chi connectivity index (χ1v) is 10.0. The average molecular weight is 504 g/mol. The molecule has 3 aromatic rings. The zero-order valence-corrected chi connectivity index (χ0v) is 18.2. The van der Waals surface area contributed by atoms with Gasteiger partial charge in [-0.05, 0) is 48.3 Å². The molecule has 1 N–H and O–H groups in total. The van der Waals surface area contributed by atoms with Crippen molar-refractivity contribution in [2.24, 2.45) is 0 Å². The molecule has 0 bridgehead atoms. The summed E-state index contributed by atoms with van der Waals surface area (Å²) in [5, 5.41) is 7.07. The van der Waals surface area contributed by atoms with Crippen LogP contribution in [0.4, 0.5) is 17.6 Å². The lowest BCUT2D eigenvalue weighted by Crippen LogP contribution is -2.25. The average Bonchev–Trinajstić information content (AvgIpc) is 3.30. The molecule has 11 heteroatoms. The van der Waals surface area contributed by atoms with Gasteiger partial charge in [0.2, 0.25) is 11.6 Å². The molecule has 166 valence electrons. The molecule has 0 spiro atoms. The molecule has 0 saturated carbocycles. The lowest BCUT2D eigenvalue weighted by Gasteiger charge is -2.08. The summed E-state index contributed by atoms with van der Waals surface area (Å²) in [4.78, 5) is 12.2. The standard InChI is InChI=1S/C20H18BrF4N3O3/c1-10-16(21)11(2)28(27-10)7-3-6-26-20(29)15-5-4-12(31-15)9-30-19-17(24)13(22)8-14(23)18(19)25/h4-5,8H,3,6-7,9H2,1-2H3,(H,26,29). The monoisotopic (exact) mass is 503 g/mol. The Labute approximate surface area is 183 Å². The van der Waals surface area contributed by atoms with E-state index in [2.05, 4.69) is 26.3 Å². The molecule has 1 aromatic carbocycles. The second-order valence-electron chi connectivity index (χ2n) is 6.67. The van der Waals surface area contributed by atoms with Crippen LogP contribution in [0.15, 0.2) is 27.1 Å². The number of aryl methyl sites for hydroxylation is 2. The molecule has 0 aliphatic rings. The highest BCUT2D eigenvalue weighted by Crippen LogP contribution is 2.27. The second-order valence-corrected chi connectivity index (χ2v) is 7.46. The van der Waals surface area contributed by atoms with Crippen molar-refractivity contribution in [3.05, 3.63) is 68.8 Å². The molecular formula is C20H18BrF4N3O3. The fourth-order valence-electron chi connectivity index (χ4n) is 2.81. The Morgan fingerprint density at radius 1 is 1.19 bits per heavy atom.